The Hall–Kier alpha value is -3.19. The van der Waals surface area contributed by atoms with E-state index < -0.39 is 17.4 Å². The number of hydrogen-bond acceptors (Lipinski definition) is 6. The lowest BCUT2D eigenvalue weighted by molar-refractivity contribution is -0.384. The molecule has 27 heavy (non-hydrogen) atoms. The number of methoxy groups -OCH3 is 1. The molecule has 0 bridgehead atoms. The molecule has 0 aliphatic rings. The number of aliphatic hydroxyl groups excluding tert-OH is 1. The van der Waals surface area contributed by atoms with Crippen LogP contribution in [0.1, 0.15) is 21.5 Å². The van der Waals surface area contributed by atoms with Gasteiger partial charge in [0, 0.05) is 23.6 Å². The Bertz CT molecular complexity index is 844. The van der Waals surface area contributed by atoms with Gasteiger partial charge in [0.1, 0.15) is 0 Å². The molecule has 0 aromatic heterocycles. The molecule has 1 unspecified atom stereocenters. The molecule has 0 heterocycles. The number of nitro benzene ring substituents is 1. The first-order valence-corrected chi connectivity index (χ1v) is 8.30. The number of carbonyl (C=O) groups is 1. The van der Waals surface area contributed by atoms with Gasteiger partial charge in [0.25, 0.3) is 5.69 Å². The van der Waals surface area contributed by atoms with Crippen molar-refractivity contribution in [3.8, 4) is 11.5 Å². The number of phenolic OH excluding ortho intramolecular Hbond substituents is 1. The number of carbonyl (C=O) groups excluding carboxylic acids is 1. The van der Waals surface area contributed by atoms with Crippen LogP contribution >= 0.6 is 0 Å². The van der Waals surface area contributed by atoms with E-state index >= 15 is 0 Å². The Balaban J connectivity index is 2.30. The smallest absolute Gasteiger partial charge is 0.269 e. The molecule has 2 N–H and O–H groups in total. The number of allylic oxidation sites excluding steroid dienone is 1. The van der Waals surface area contributed by atoms with E-state index in [0.29, 0.717) is 12.0 Å². The molecule has 0 aliphatic carbocycles. The summed E-state index contributed by atoms with van der Waals surface area (Å²) in [6.07, 6.45) is 2.37. The Kier molecular flexibility index (Phi) is 6.67. The average molecular weight is 371 g/mol. The number of Topliss-reactive ketones (excluding diaryl/α,β-unsaturated/α-hetero) is 1. The van der Waals surface area contributed by atoms with Gasteiger partial charge >= 0.3 is 0 Å². The minimum Gasteiger partial charge on any atom is -0.504 e. The number of nitro groups is 1. The van der Waals surface area contributed by atoms with Crippen LogP contribution in [0.5, 0.6) is 11.5 Å². The molecule has 7 heteroatoms. The molecular weight excluding hydrogens is 350 g/mol. The van der Waals surface area contributed by atoms with E-state index in [1.54, 1.807) is 18.2 Å². The second-order valence-electron chi connectivity index (χ2n) is 6.05. The highest BCUT2D eigenvalue weighted by Gasteiger charge is 2.23. The lowest BCUT2D eigenvalue weighted by Crippen LogP contribution is -2.21. The normalized spacial score (nSPS) is 11.6. The fourth-order valence-corrected chi connectivity index (χ4v) is 2.81. The third kappa shape index (κ3) is 4.71. The molecule has 0 amide bonds. The van der Waals surface area contributed by atoms with E-state index in [9.17, 15) is 25.1 Å². The van der Waals surface area contributed by atoms with Gasteiger partial charge in [-0.15, -0.1) is 6.58 Å². The van der Waals surface area contributed by atoms with Crippen molar-refractivity contribution in [1.29, 1.82) is 0 Å². The fourth-order valence-electron chi connectivity index (χ4n) is 2.81. The van der Waals surface area contributed by atoms with Crippen LogP contribution in [0.25, 0.3) is 0 Å². The highest BCUT2D eigenvalue weighted by molar-refractivity contribution is 5.98. The van der Waals surface area contributed by atoms with Crippen LogP contribution in [0.4, 0.5) is 5.69 Å². The van der Waals surface area contributed by atoms with E-state index in [2.05, 4.69) is 6.58 Å². The van der Waals surface area contributed by atoms with Gasteiger partial charge in [0.05, 0.1) is 18.6 Å². The summed E-state index contributed by atoms with van der Waals surface area (Å²) in [7, 11) is 1.43. The van der Waals surface area contributed by atoms with Gasteiger partial charge in [-0.1, -0.05) is 12.1 Å². The monoisotopic (exact) mass is 371 g/mol. The Morgan fingerprint density at radius 1 is 1.33 bits per heavy atom. The summed E-state index contributed by atoms with van der Waals surface area (Å²) in [4.78, 5) is 22.9. The number of benzene rings is 2. The largest absolute Gasteiger partial charge is 0.504 e. The summed E-state index contributed by atoms with van der Waals surface area (Å²) >= 11 is 0. The molecule has 0 radical (unpaired) electrons. The molecule has 0 saturated heterocycles. The molecule has 0 fully saturated rings. The predicted molar refractivity (Wildman–Crippen MR) is 100 cm³/mol. The lowest BCUT2D eigenvalue weighted by atomic mass is 9.90. The van der Waals surface area contributed by atoms with E-state index in [0.717, 1.165) is 5.56 Å². The summed E-state index contributed by atoms with van der Waals surface area (Å²) in [6.45, 7) is 3.26. The van der Waals surface area contributed by atoms with Crippen molar-refractivity contribution in [1.82, 2.24) is 0 Å². The van der Waals surface area contributed by atoms with Crippen LogP contribution in [0.15, 0.2) is 49.1 Å². The zero-order chi connectivity index (χ0) is 20.0. The van der Waals surface area contributed by atoms with Crippen LogP contribution < -0.4 is 4.74 Å². The van der Waals surface area contributed by atoms with E-state index in [-0.39, 0.29) is 35.0 Å². The number of aliphatic hydroxyl groups is 1. The summed E-state index contributed by atoms with van der Waals surface area (Å²) in [5.41, 5.74) is 1.47. The van der Waals surface area contributed by atoms with Crippen molar-refractivity contribution in [2.24, 2.45) is 5.92 Å². The van der Waals surface area contributed by atoms with E-state index in [4.69, 9.17) is 4.74 Å². The molecule has 142 valence electrons. The quantitative estimate of drug-likeness (QED) is 0.303. The van der Waals surface area contributed by atoms with E-state index in [1.165, 1.54) is 31.4 Å². The minimum absolute atomic E-state index is 0.0831. The maximum absolute atomic E-state index is 12.7. The maximum Gasteiger partial charge on any atom is 0.269 e. The molecule has 0 spiro atoms. The first-order valence-electron chi connectivity index (χ1n) is 8.30. The maximum atomic E-state index is 12.7. The van der Waals surface area contributed by atoms with Crippen LogP contribution in [-0.2, 0) is 12.8 Å². The zero-order valence-corrected chi connectivity index (χ0v) is 14.9. The Morgan fingerprint density at radius 2 is 2.00 bits per heavy atom. The number of phenols is 1. The number of non-ortho nitro benzene ring substituents is 1. The molecule has 2 aromatic carbocycles. The standard InChI is InChI=1S/C20H21NO6/c1-3-4-13-9-15(20(24)18(10-13)27-2)11-16(12-22)19(23)14-5-7-17(8-6-14)21(25)26/h3,5-10,16,22,24H,1,4,11-12H2,2H3. The topological polar surface area (TPSA) is 110 Å². The lowest BCUT2D eigenvalue weighted by Gasteiger charge is -2.16. The first kappa shape index (κ1) is 20.1. The summed E-state index contributed by atoms with van der Waals surface area (Å²) in [5, 5.41) is 30.8. The zero-order valence-electron chi connectivity index (χ0n) is 14.9. The van der Waals surface area contributed by atoms with Gasteiger partial charge in [-0.25, -0.2) is 0 Å². The average Bonchev–Trinajstić information content (AvgIpc) is 2.67. The number of ketones is 1. The fraction of sp³-hybridized carbons (Fsp3) is 0.250. The number of hydrogen-bond donors (Lipinski definition) is 2. The summed E-state index contributed by atoms with van der Waals surface area (Å²) < 4.78 is 5.17. The third-order valence-corrected chi connectivity index (χ3v) is 4.23. The molecule has 0 aliphatic heterocycles. The molecule has 7 nitrogen and oxygen atoms in total. The third-order valence-electron chi connectivity index (χ3n) is 4.23. The molecule has 0 saturated carbocycles. The molecule has 2 aromatic rings. The summed E-state index contributed by atoms with van der Waals surface area (Å²) in [6, 6.07) is 8.63. The Morgan fingerprint density at radius 3 is 2.52 bits per heavy atom. The van der Waals surface area contributed by atoms with E-state index in [1.807, 2.05) is 0 Å². The van der Waals surface area contributed by atoms with Crippen LogP contribution in [0, 0.1) is 16.0 Å². The SMILES string of the molecule is C=CCc1cc(CC(CO)C(=O)c2ccc([N+](=O)[O-])cc2)c(O)c(OC)c1. The second kappa shape index (κ2) is 8.95. The first-order chi connectivity index (χ1) is 12.9. The Labute approximate surface area is 156 Å². The summed E-state index contributed by atoms with van der Waals surface area (Å²) in [5.74, 6) is -0.968. The second-order valence-corrected chi connectivity index (χ2v) is 6.05. The van der Waals surface area contributed by atoms with Crippen molar-refractivity contribution in [3.63, 3.8) is 0 Å². The minimum atomic E-state index is -0.805. The van der Waals surface area contributed by atoms with Gasteiger partial charge in [-0.3, -0.25) is 14.9 Å². The number of aromatic hydroxyl groups is 1. The number of nitrogens with zero attached hydrogens (tertiary/aromatic N) is 1. The van der Waals surface area contributed by atoms with Gasteiger partial charge in [0.2, 0.25) is 0 Å². The van der Waals surface area contributed by atoms with Crippen molar-refractivity contribution < 1.29 is 24.7 Å². The van der Waals surface area contributed by atoms with Crippen molar-refractivity contribution in [2.75, 3.05) is 13.7 Å². The number of rotatable bonds is 9. The van der Waals surface area contributed by atoms with Crippen molar-refractivity contribution >= 4 is 11.5 Å². The van der Waals surface area contributed by atoms with Gasteiger partial charge in [-0.05, 0) is 42.2 Å². The highest BCUT2D eigenvalue weighted by Crippen LogP contribution is 2.34. The van der Waals surface area contributed by atoms with Gasteiger partial charge < -0.3 is 14.9 Å². The number of ether oxygens (including phenoxy) is 1. The van der Waals surface area contributed by atoms with Crippen molar-refractivity contribution in [3.05, 3.63) is 75.9 Å². The van der Waals surface area contributed by atoms with Crippen LogP contribution in [-0.4, -0.2) is 34.6 Å². The van der Waals surface area contributed by atoms with Gasteiger partial charge in [0.15, 0.2) is 17.3 Å². The molecule has 1 atom stereocenters. The van der Waals surface area contributed by atoms with Crippen molar-refractivity contribution in [2.45, 2.75) is 12.8 Å². The predicted octanol–water partition coefficient (Wildman–Crippen LogP) is 3.07. The molecular formula is C20H21NO6. The highest BCUT2D eigenvalue weighted by atomic mass is 16.6. The molecule has 2 rings (SSSR count). The van der Waals surface area contributed by atoms with Crippen LogP contribution in [0.2, 0.25) is 0 Å². The van der Waals surface area contributed by atoms with Crippen LogP contribution in [0.3, 0.4) is 0 Å². The van der Waals surface area contributed by atoms with Gasteiger partial charge in [-0.2, -0.15) is 0 Å².